The zero-order chi connectivity index (χ0) is 14.2. The van der Waals surface area contributed by atoms with Gasteiger partial charge in [0.15, 0.2) is 0 Å². The Kier molecular flexibility index (Phi) is 8.16. The Bertz CT molecular complexity index is 281. The molecular formula is C14H28N2OS. The number of hydrogen-bond acceptors (Lipinski definition) is 2. The Morgan fingerprint density at radius 2 is 2.00 bits per heavy atom. The van der Waals surface area contributed by atoms with Gasteiger partial charge in [-0.05, 0) is 25.7 Å². The number of amides is 1. The standard InChI is InChI=1S/C14H28N2OS/c1-5-8-9-11(6-2)10-16-13(17)14(4,7-3)12(15)18/h11H,5-10H2,1-4H3,(H2,15,18)(H,16,17). The fourth-order valence-electron chi connectivity index (χ4n) is 1.82. The number of unbranched alkanes of at least 4 members (excludes halogenated alkanes) is 1. The highest BCUT2D eigenvalue weighted by Crippen LogP contribution is 2.22. The van der Waals surface area contributed by atoms with Crippen molar-refractivity contribution in [2.75, 3.05) is 6.54 Å². The van der Waals surface area contributed by atoms with E-state index in [-0.39, 0.29) is 10.9 Å². The van der Waals surface area contributed by atoms with Crippen LogP contribution < -0.4 is 11.1 Å². The molecule has 0 aromatic rings. The molecule has 0 aromatic heterocycles. The molecule has 0 fully saturated rings. The molecule has 0 aliphatic heterocycles. The number of carbonyl (C=O) groups is 1. The van der Waals surface area contributed by atoms with Gasteiger partial charge in [-0.15, -0.1) is 0 Å². The molecule has 0 heterocycles. The summed E-state index contributed by atoms with van der Waals surface area (Å²) >= 11 is 5.00. The number of carbonyl (C=O) groups excluding carboxylic acids is 1. The van der Waals surface area contributed by atoms with E-state index in [9.17, 15) is 4.79 Å². The summed E-state index contributed by atoms with van der Waals surface area (Å²) < 4.78 is 0. The maximum atomic E-state index is 12.2. The maximum absolute atomic E-state index is 12.2. The van der Waals surface area contributed by atoms with Gasteiger partial charge in [0.1, 0.15) is 0 Å². The smallest absolute Gasteiger partial charge is 0.232 e. The second kappa shape index (κ2) is 8.46. The van der Waals surface area contributed by atoms with Crippen molar-refractivity contribution in [1.82, 2.24) is 5.32 Å². The molecule has 106 valence electrons. The lowest BCUT2D eigenvalue weighted by Crippen LogP contribution is -2.47. The predicted octanol–water partition coefficient (Wildman–Crippen LogP) is 3.02. The van der Waals surface area contributed by atoms with Crippen molar-refractivity contribution in [2.45, 2.75) is 59.8 Å². The Morgan fingerprint density at radius 3 is 2.39 bits per heavy atom. The van der Waals surface area contributed by atoms with Gasteiger partial charge in [-0.2, -0.15) is 0 Å². The van der Waals surface area contributed by atoms with Crippen LogP contribution >= 0.6 is 12.2 Å². The van der Waals surface area contributed by atoms with Crippen molar-refractivity contribution in [2.24, 2.45) is 17.1 Å². The molecule has 4 heteroatoms. The van der Waals surface area contributed by atoms with Gasteiger partial charge in [-0.1, -0.05) is 52.3 Å². The van der Waals surface area contributed by atoms with E-state index in [4.69, 9.17) is 18.0 Å². The fourth-order valence-corrected chi connectivity index (χ4v) is 2.06. The first-order chi connectivity index (χ1) is 8.42. The van der Waals surface area contributed by atoms with Crippen LogP contribution in [0.5, 0.6) is 0 Å². The average molecular weight is 272 g/mol. The molecule has 0 aromatic carbocycles. The lowest BCUT2D eigenvalue weighted by atomic mass is 9.86. The second-order valence-electron chi connectivity index (χ2n) is 5.18. The lowest BCUT2D eigenvalue weighted by Gasteiger charge is -2.26. The average Bonchev–Trinajstić information content (AvgIpc) is 2.37. The molecule has 0 saturated heterocycles. The van der Waals surface area contributed by atoms with E-state index in [1.165, 1.54) is 19.3 Å². The highest BCUT2D eigenvalue weighted by Gasteiger charge is 2.34. The number of rotatable bonds is 9. The number of thiocarbonyl (C=S) groups is 1. The van der Waals surface area contributed by atoms with Crippen LogP contribution in [0, 0.1) is 11.3 Å². The minimum atomic E-state index is -0.710. The molecule has 1 amide bonds. The zero-order valence-electron chi connectivity index (χ0n) is 12.2. The Morgan fingerprint density at radius 1 is 1.39 bits per heavy atom. The van der Waals surface area contributed by atoms with Gasteiger partial charge in [0, 0.05) is 6.54 Å². The van der Waals surface area contributed by atoms with Crippen LogP contribution in [0.25, 0.3) is 0 Å². The number of nitrogens with one attached hydrogen (secondary N) is 1. The van der Waals surface area contributed by atoms with Gasteiger partial charge in [0.25, 0.3) is 0 Å². The molecule has 2 unspecified atom stereocenters. The van der Waals surface area contributed by atoms with Crippen molar-refractivity contribution in [3.8, 4) is 0 Å². The summed E-state index contributed by atoms with van der Waals surface area (Å²) in [5, 5.41) is 3.01. The topological polar surface area (TPSA) is 55.1 Å². The van der Waals surface area contributed by atoms with Crippen LogP contribution in [-0.2, 0) is 4.79 Å². The highest BCUT2D eigenvalue weighted by molar-refractivity contribution is 7.80. The third kappa shape index (κ3) is 4.92. The third-order valence-electron chi connectivity index (χ3n) is 3.85. The number of hydrogen-bond donors (Lipinski definition) is 2. The first kappa shape index (κ1) is 17.4. The minimum absolute atomic E-state index is 0.0348. The van der Waals surface area contributed by atoms with Gasteiger partial charge in [0.2, 0.25) is 5.91 Å². The predicted molar refractivity (Wildman–Crippen MR) is 81.5 cm³/mol. The van der Waals surface area contributed by atoms with Crippen LogP contribution in [0.15, 0.2) is 0 Å². The van der Waals surface area contributed by atoms with Crippen LogP contribution in [0.3, 0.4) is 0 Å². The van der Waals surface area contributed by atoms with Crippen molar-refractivity contribution in [3.05, 3.63) is 0 Å². The van der Waals surface area contributed by atoms with Crippen molar-refractivity contribution < 1.29 is 4.79 Å². The van der Waals surface area contributed by atoms with Gasteiger partial charge in [-0.3, -0.25) is 4.79 Å². The summed E-state index contributed by atoms with van der Waals surface area (Å²) in [4.78, 5) is 12.4. The highest BCUT2D eigenvalue weighted by atomic mass is 32.1. The first-order valence-corrected chi connectivity index (χ1v) is 7.41. The van der Waals surface area contributed by atoms with Crippen molar-refractivity contribution >= 4 is 23.1 Å². The molecule has 0 spiro atoms. The summed E-state index contributed by atoms with van der Waals surface area (Å²) in [5.74, 6) is 0.522. The Labute approximate surface area is 117 Å². The van der Waals surface area contributed by atoms with E-state index in [0.29, 0.717) is 12.3 Å². The summed E-state index contributed by atoms with van der Waals surface area (Å²) in [6, 6.07) is 0. The second-order valence-corrected chi connectivity index (χ2v) is 5.62. The molecule has 0 aliphatic carbocycles. The number of nitrogens with two attached hydrogens (primary N) is 1. The van der Waals surface area contributed by atoms with E-state index in [1.54, 1.807) is 0 Å². The third-order valence-corrected chi connectivity index (χ3v) is 4.30. The fraction of sp³-hybridized carbons (Fsp3) is 0.857. The van der Waals surface area contributed by atoms with Crippen LogP contribution in [0.1, 0.15) is 59.8 Å². The molecule has 0 rings (SSSR count). The van der Waals surface area contributed by atoms with Crippen LogP contribution in [-0.4, -0.2) is 17.4 Å². The van der Waals surface area contributed by atoms with E-state index in [0.717, 1.165) is 13.0 Å². The molecular weight excluding hydrogens is 244 g/mol. The molecule has 2 atom stereocenters. The first-order valence-electron chi connectivity index (χ1n) is 7.00. The van der Waals surface area contributed by atoms with Crippen molar-refractivity contribution in [3.63, 3.8) is 0 Å². The monoisotopic (exact) mass is 272 g/mol. The molecule has 3 N–H and O–H groups in total. The maximum Gasteiger partial charge on any atom is 0.232 e. The minimum Gasteiger partial charge on any atom is -0.392 e. The molecule has 0 saturated carbocycles. The van der Waals surface area contributed by atoms with Crippen LogP contribution in [0.2, 0.25) is 0 Å². The largest absolute Gasteiger partial charge is 0.392 e. The SMILES string of the molecule is CCCCC(CC)CNC(=O)C(C)(CC)C(N)=S. The molecule has 18 heavy (non-hydrogen) atoms. The molecule has 0 radical (unpaired) electrons. The van der Waals surface area contributed by atoms with E-state index in [1.807, 2.05) is 13.8 Å². The van der Waals surface area contributed by atoms with E-state index in [2.05, 4.69) is 19.2 Å². The van der Waals surface area contributed by atoms with Crippen LogP contribution in [0.4, 0.5) is 0 Å². The van der Waals surface area contributed by atoms with Gasteiger partial charge >= 0.3 is 0 Å². The molecule has 3 nitrogen and oxygen atoms in total. The van der Waals surface area contributed by atoms with Gasteiger partial charge in [-0.25, -0.2) is 0 Å². The van der Waals surface area contributed by atoms with Gasteiger partial charge < -0.3 is 11.1 Å². The summed E-state index contributed by atoms with van der Waals surface area (Å²) in [7, 11) is 0. The zero-order valence-corrected chi connectivity index (χ0v) is 13.0. The normalized spacial score (nSPS) is 15.8. The quantitative estimate of drug-likeness (QED) is 0.634. The Hall–Kier alpha value is -0.640. The summed E-state index contributed by atoms with van der Waals surface area (Å²) in [6.07, 6.45) is 5.32. The van der Waals surface area contributed by atoms with Gasteiger partial charge in [0.05, 0.1) is 10.4 Å². The summed E-state index contributed by atoms with van der Waals surface area (Å²) in [5.41, 5.74) is 4.96. The molecule has 0 aliphatic rings. The van der Waals surface area contributed by atoms with E-state index >= 15 is 0 Å². The van der Waals surface area contributed by atoms with E-state index < -0.39 is 5.41 Å². The summed E-state index contributed by atoms with van der Waals surface area (Å²) in [6.45, 7) is 8.84. The molecule has 0 bridgehead atoms. The Balaban J connectivity index is 4.34. The lowest BCUT2D eigenvalue weighted by molar-refractivity contribution is -0.127. The van der Waals surface area contributed by atoms with Crippen molar-refractivity contribution in [1.29, 1.82) is 0 Å².